The van der Waals surface area contributed by atoms with Crippen LogP contribution in [0.1, 0.15) is 0 Å². The van der Waals surface area contributed by atoms with Crippen LogP contribution in [0.4, 0.5) is 0 Å². The van der Waals surface area contributed by atoms with E-state index in [-0.39, 0.29) is 18.3 Å². The van der Waals surface area contributed by atoms with E-state index in [1.54, 1.807) is 0 Å². The average Bonchev–Trinajstić information content (AvgIpc) is 2.04. The molecule has 6 N–H and O–H groups in total. The van der Waals surface area contributed by atoms with Crippen molar-refractivity contribution < 1.29 is 8.42 Å². The minimum absolute atomic E-state index is 0.0151. The molecule has 0 aromatic rings. The van der Waals surface area contributed by atoms with Crippen LogP contribution in [-0.4, -0.2) is 33.7 Å². The molecule has 0 aromatic heterocycles. The zero-order chi connectivity index (χ0) is 9.61. The van der Waals surface area contributed by atoms with Crippen molar-refractivity contribution >= 4 is 16.0 Å². The lowest BCUT2D eigenvalue weighted by Crippen LogP contribution is -2.37. The van der Waals surface area contributed by atoms with Crippen LogP contribution < -0.4 is 21.7 Å². The van der Waals surface area contributed by atoms with E-state index in [2.05, 4.69) is 15.1 Å². The van der Waals surface area contributed by atoms with Crippen molar-refractivity contribution in [2.45, 2.75) is 0 Å². The van der Waals surface area contributed by atoms with Crippen LogP contribution in [0.25, 0.3) is 0 Å². The molecule has 0 bridgehead atoms. The van der Waals surface area contributed by atoms with Crippen LogP contribution in [0.5, 0.6) is 0 Å². The predicted octanol–water partition coefficient (Wildman–Crippen LogP) is -2.69. The van der Waals surface area contributed by atoms with Crippen molar-refractivity contribution in [1.29, 1.82) is 0 Å². The topological polar surface area (TPSA) is 123 Å². The fourth-order valence-electron chi connectivity index (χ4n) is 0.434. The Morgan fingerprint density at radius 3 is 2.58 bits per heavy atom. The smallest absolute Gasteiger partial charge is 0.213 e. The number of rotatable bonds is 4. The van der Waals surface area contributed by atoms with E-state index in [1.165, 1.54) is 7.05 Å². The van der Waals surface area contributed by atoms with Gasteiger partial charge < -0.3 is 5.73 Å². The molecule has 0 aromatic carbocycles. The van der Waals surface area contributed by atoms with Gasteiger partial charge in [-0.15, -0.1) is 0 Å². The lowest BCUT2D eigenvalue weighted by atomic mass is 10.8. The van der Waals surface area contributed by atoms with Crippen LogP contribution >= 0.6 is 0 Å². The SMILES string of the molecule is CNS(=O)(=O)CCN=C(N)NN. The summed E-state index contributed by atoms with van der Waals surface area (Å²) in [5.74, 6) is 4.79. The van der Waals surface area contributed by atoms with E-state index in [4.69, 9.17) is 11.6 Å². The highest BCUT2D eigenvalue weighted by Crippen LogP contribution is 1.81. The summed E-state index contributed by atoms with van der Waals surface area (Å²) < 4.78 is 23.7. The Morgan fingerprint density at radius 1 is 1.58 bits per heavy atom. The summed E-state index contributed by atoms with van der Waals surface area (Å²) in [7, 11) is -1.87. The maximum atomic E-state index is 10.8. The monoisotopic (exact) mass is 195 g/mol. The van der Waals surface area contributed by atoms with Gasteiger partial charge in [0, 0.05) is 0 Å². The number of hydrogen-bond donors (Lipinski definition) is 4. The summed E-state index contributed by atoms with van der Waals surface area (Å²) >= 11 is 0. The van der Waals surface area contributed by atoms with Crippen molar-refractivity contribution in [2.24, 2.45) is 16.6 Å². The third-order valence-corrected chi connectivity index (χ3v) is 2.44. The number of nitrogens with two attached hydrogens (primary N) is 2. The highest BCUT2D eigenvalue weighted by atomic mass is 32.2. The first kappa shape index (κ1) is 11.1. The summed E-state index contributed by atoms with van der Waals surface area (Å²) in [6.07, 6.45) is 0. The molecule has 8 heteroatoms. The van der Waals surface area contributed by atoms with Gasteiger partial charge in [0.05, 0.1) is 12.3 Å². The zero-order valence-electron chi connectivity index (χ0n) is 6.74. The summed E-state index contributed by atoms with van der Waals surface area (Å²) in [6.45, 7) is 0.0825. The molecule has 0 aliphatic heterocycles. The first-order chi connectivity index (χ1) is 5.52. The van der Waals surface area contributed by atoms with E-state index < -0.39 is 10.0 Å². The third-order valence-electron chi connectivity index (χ3n) is 1.10. The van der Waals surface area contributed by atoms with Gasteiger partial charge in [-0.25, -0.2) is 19.0 Å². The molecule has 0 saturated heterocycles. The zero-order valence-corrected chi connectivity index (χ0v) is 7.56. The van der Waals surface area contributed by atoms with Crippen molar-refractivity contribution in [3.05, 3.63) is 0 Å². The van der Waals surface area contributed by atoms with Gasteiger partial charge in [0.25, 0.3) is 0 Å². The molecular formula is C4H13N5O2S. The fraction of sp³-hybridized carbons (Fsp3) is 0.750. The van der Waals surface area contributed by atoms with Crippen molar-refractivity contribution in [3.63, 3.8) is 0 Å². The molecule has 12 heavy (non-hydrogen) atoms. The number of sulfonamides is 1. The quantitative estimate of drug-likeness (QED) is 0.168. The third kappa shape index (κ3) is 4.88. The number of aliphatic imine (C=N–C) groups is 1. The Labute approximate surface area is 71.2 Å². The molecule has 0 aliphatic rings. The van der Waals surface area contributed by atoms with Gasteiger partial charge in [-0.2, -0.15) is 0 Å². The second kappa shape index (κ2) is 4.91. The van der Waals surface area contributed by atoms with Crippen molar-refractivity contribution in [2.75, 3.05) is 19.3 Å². The summed E-state index contributed by atoms with van der Waals surface area (Å²) in [4.78, 5) is 3.61. The predicted molar refractivity (Wildman–Crippen MR) is 46.7 cm³/mol. The standard InChI is InChI=1S/C4H13N5O2S/c1-7-12(10,11)3-2-8-4(5)9-6/h7H,2-3,6H2,1H3,(H3,5,8,9). The van der Waals surface area contributed by atoms with Gasteiger partial charge in [-0.1, -0.05) is 0 Å². The Hall–Kier alpha value is -0.860. The van der Waals surface area contributed by atoms with E-state index >= 15 is 0 Å². The highest BCUT2D eigenvalue weighted by molar-refractivity contribution is 7.89. The minimum Gasteiger partial charge on any atom is -0.369 e. The molecule has 72 valence electrons. The first-order valence-corrected chi connectivity index (χ1v) is 4.85. The molecule has 0 rings (SSSR count). The number of nitrogens with zero attached hydrogens (tertiary/aromatic N) is 1. The Kier molecular flexibility index (Phi) is 4.55. The molecular weight excluding hydrogens is 182 g/mol. The number of hydrazine groups is 1. The average molecular weight is 195 g/mol. The van der Waals surface area contributed by atoms with Gasteiger partial charge >= 0.3 is 0 Å². The number of hydrogen-bond acceptors (Lipinski definition) is 4. The molecule has 0 spiro atoms. The lowest BCUT2D eigenvalue weighted by Gasteiger charge is -1.99. The van der Waals surface area contributed by atoms with Gasteiger partial charge in [0.2, 0.25) is 16.0 Å². The maximum absolute atomic E-state index is 10.8. The highest BCUT2D eigenvalue weighted by Gasteiger charge is 2.04. The van der Waals surface area contributed by atoms with Gasteiger partial charge in [0.1, 0.15) is 0 Å². The molecule has 0 heterocycles. The molecule has 0 saturated carbocycles. The summed E-state index contributed by atoms with van der Waals surface area (Å²) in [6, 6.07) is 0. The second-order valence-electron chi connectivity index (χ2n) is 1.93. The lowest BCUT2D eigenvalue weighted by molar-refractivity contribution is 0.588. The molecule has 0 radical (unpaired) electrons. The fourth-order valence-corrected chi connectivity index (χ4v) is 0.970. The van der Waals surface area contributed by atoms with Gasteiger partial charge in [-0.3, -0.25) is 10.4 Å². The van der Waals surface area contributed by atoms with E-state index in [9.17, 15) is 8.42 Å². The minimum atomic E-state index is -3.20. The second-order valence-corrected chi connectivity index (χ2v) is 3.98. The van der Waals surface area contributed by atoms with Crippen LogP contribution in [-0.2, 0) is 10.0 Å². The molecule has 0 unspecified atom stereocenters. The Morgan fingerprint density at radius 2 is 2.17 bits per heavy atom. The number of guanidine groups is 1. The van der Waals surface area contributed by atoms with Crippen LogP contribution in [0.15, 0.2) is 4.99 Å². The largest absolute Gasteiger partial charge is 0.369 e. The maximum Gasteiger partial charge on any atom is 0.213 e. The summed E-state index contributed by atoms with van der Waals surface area (Å²) in [5.41, 5.74) is 7.22. The molecule has 0 aliphatic carbocycles. The van der Waals surface area contributed by atoms with Crippen LogP contribution in [0, 0.1) is 0 Å². The molecule has 7 nitrogen and oxygen atoms in total. The molecule has 0 fully saturated rings. The van der Waals surface area contributed by atoms with Crippen molar-refractivity contribution in [1.82, 2.24) is 10.1 Å². The summed E-state index contributed by atoms with van der Waals surface area (Å²) in [5, 5.41) is 0. The molecule has 0 amide bonds. The first-order valence-electron chi connectivity index (χ1n) is 3.19. The normalized spacial score (nSPS) is 13.0. The van der Waals surface area contributed by atoms with E-state index in [0.717, 1.165) is 0 Å². The Balaban J connectivity index is 3.86. The van der Waals surface area contributed by atoms with E-state index in [0.29, 0.717) is 0 Å². The molecule has 0 atom stereocenters. The van der Waals surface area contributed by atoms with Gasteiger partial charge in [-0.05, 0) is 7.05 Å². The number of nitrogens with one attached hydrogen (secondary N) is 2. The van der Waals surface area contributed by atoms with E-state index in [1.807, 2.05) is 0 Å². The van der Waals surface area contributed by atoms with Crippen LogP contribution in [0.3, 0.4) is 0 Å². The van der Waals surface area contributed by atoms with Crippen LogP contribution in [0.2, 0.25) is 0 Å². The van der Waals surface area contributed by atoms with Crippen molar-refractivity contribution in [3.8, 4) is 0 Å². The Bertz CT molecular complexity index is 246. The van der Waals surface area contributed by atoms with Gasteiger partial charge in [0.15, 0.2) is 0 Å².